The highest BCUT2D eigenvalue weighted by atomic mass is 79.9. The summed E-state index contributed by atoms with van der Waals surface area (Å²) in [5.74, 6) is 1.85. The molecule has 5 aliphatic rings. The van der Waals surface area contributed by atoms with Gasteiger partial charge in [0.25, 0.3) is 11.8 Å². The summed E-state index contributed by atoms with van der Waals surface area (Å²) in [7, 11) is 0. The van der Waals surface area contributed by atoms with E-state index in [4.69, 9.17) is 32.7 Å². The molecular weight excluding hydrogens is 691 g/mol. The lowest BCUT2D eigenvalue weighted by atomic mass is 9.48. The lowest BCUT2D eigenvalue weighted by Gasteiger charge is -2.57. The number of carbonyl (C=O) groups is 3. The maximum atomic E-state index is 13.7. The Morgan fingerprint density at radius 1 is 0.913 bits per heavy atom. The Bertz CT molecular complexity index is 1740. The van der Waals surface area contributed by atoms with Crippen molar-refractivity contribution in [2.24, 2.45) is 17.8 Å². The van der Waals surface area contributed by atoms with Gasteiger partial charge in [0.15, 0.2) is 11.5 Å². The summed E-state index contributed by atoms with van der Waals surface area (Å²) in [5.41, 5.74) is 3.09. The van der Waals surface area contributed by atoms with Gasteiger partial charge in [-0.15, -0.1) is 0 Å². The van der Waals surface area contributed by atoms with E-state index < -0.39 is 17.8 Å². The topological polar surface area (TPSA) is 84.9 Å². The average Bonchev–Trinajstić information content (AvgIpc) is 3.00. The Hall–Kier alpha value is -3.33. The van der Waals surface area contributed by atoms with Gasteiger partial charge in [0.2, 0.25) is 0 Å². The van der Waals surface area contributed by atoms with Crippen LogP contribution < -0.4 is 19.7 Å². The standard InChI is InChI=1S/C36H33BrCl2N2O5/c1-2-45-31-15-21(13-28(37)32(31)46-19-20-3-8-29(38)30(39)14-20)12-27-33(42)40-35(44)41(34(27)43)26-6-4-25(5-7-26)36-16-22-9-23(17-36)11-24(10-22)18-36/h3-8,12-15,22-24H,2,9-11,16-19H2,1H3,(H,40,42,44)/b27-12+. The smallest absolute Gasteiger partial charge is 0.335 e. The van der Waals surface area contributed by atoms with Gasteiger partial charge in [0.1, 0.15) is 12.2 Å². The monoisotopic (exact) mass is 722 g/mol. The predicted molar refractivity (Wildman–Crippen MR) is 181 cm³/mol. The first-order valence-electron chi connectivity index (χ1n) is 15.7. The number of benzene rings is 3. The Balaban J connectivity index is 1.13. The average molecular weight is 724 g/mol. The molecule has 238 valence electrons. The lowest BCUT2D eigenvalue weighted by Crippen LogP contribution is -2.54. The summed E-state index contributed by atoms with van der Waals surface area (Å²) in [4.78, 5) is 40.7. The number of anilines is 1. The largest absolute Gasteiger partial charge is 0.490 e. The number of barbiturate groups is 1. The first kappa shape index (κ1) is 31.3. The van der Waals surface area contributed by atoms with E-state index in [-0.39, 0.29) is 17.6 Å². The Kier molecular flexibility index (Phi) is 8.41. The molecule has 1 aliphatic heterocycles. The number of halogens is 3. The minimum Gasteiger partial charge on any atom is -0.490 e. The molecule has 1 N–H and O–H groups in total. The van der Waals surface area contributed by atoms with Crippen LogP contribution in [0.2, 0.25) is 10.0 Å². The third-order valence-corrected chi connectivity index (χ3v) is 11.2. The van der Waals surface area contributed by atoms with E-state index in [0.29, 0.717) is 43.9 Å². The Morgan fingerprint density at radius 2 is 1.59 bits per heavy atom. The van der Waals surface area contributed by atoms with Crippen LogP contribution in [0.25, 0.3) is 6.08 Å². The summed E-state index contributed by atoms with van der Waals surface area (Å²) >= 11 is 15.7. The summed E-state index contributed by atoms with van der Waals surface area (Å²) in [5, 5.41) is 3.22. The van der Waals surface area contributed by atoms with Crippen molar-refractivity contribution in [3.05, 3.63) is 91.4 Å². The normalized spacial score (nSPS) is 26.1. The van der Waals surface area contributed by atoms with E-state index in [1.165, 1.54) is 50.2 Å². The molecule has 0 spiro atoms. The molecule has 0 radical (unpaired) electrons. The quantitative estimate of drug-likeness (QED) is 0.185. The molecule has 0 unspecified atom stereocenters. The molecule has 46 heavy (non-hydrogen) atoms. The summed E-state index contributed by atoms with van der Waals surface area (Å²) in [6, 6.07) is 15.7. The van der Waals surface area contributed by atoms with Crippen LogP contribution in [-0.4, -0.2) is 24.5 Å². The predicted octanol–water partition coefficient (Wildman–Crippen LogP) is 8.87. The third kappa shape index (κ3) is 5.84. The molecule has 7 nitrogen and oxygen atoms in total. The van der Waals surface area contributed by atoms with Gasteiger partial charge >= 0.3 is 6.03 Å². The van der Waals surface area contributed by atoms with Crippen LogP contribution in [0.5, 0.6) is 11.5 Å². The highest BCUT2D eigenvalue weighted by molar-refractivity contribution is 9.10. The van der Waals surface area contributed by atoms with Crippen molar-refractivity contribution in [1.29, 1.82) is 0 Å². The van der Waals surface area contributed by atoms with Crippen molar-refractivity contribution in [2.45, 2.75) is 57.5 Å². The number of carbonyl (C=O) groups excluding carboxylic acids is 3. The van der Waals surface area contributed by atoms with Crippen molar-refractivity contribution >= 4 is 68.7 Å². The molecule has 3 aromatic rings. The fraction of sp³-hybridized carbons (Fsp3) is 0.361. The van der Waals surface area contributed by atoms with Gasteiger partial charge in [-0.3, -0.25) is 14.9 Å². The van der Waals surface area contributed by atoms with Crippen molar-refractivity contribution in [2.75, 3.05) is 11.5 Å². The summed E-state index contributed by atoms with van der Waals surface area (Å²) < 4.78 is 12.5. The number of ether oxygens (including phenoxy) is 2. The second-order valence-corrected chi connectivity index (χ2v) is 14.7. The molecule has 1 heterocycles. The maximum Gasteiger partial charge on any atom is 0.335 e. The number of amides is 4. The second-order valence-electron chi connectivity index (χ2n) is 13.0. The highest BCUT2D eigenvalue weighted by Gasteiger charge is 2.51. The number of imide groups is 2. The van der Waals surface area contributed by atoms with Crippen LogP contribution in [0.3, 0.4) is 0 Å². The molecule has 0 atom stereocenters. The number of nitrogens with one attached hydrogen (secondary N) is 1. The Labute approximate surface area is 286 Å². The van der Waals surface area contributed by atoms with Gasteiger partial charge in [-0.2, -0.15) is 0 Å². The zero-order chi connectivity index (χ0) is 32.2. The van der Waals surface area contributed by atoms with Gasteiger partial charge < -0.3 is 9.47 Å². The molecule has 4 saturated carbocycles. The van der Waals surface area contributed by atoms with Crippen LogP contribution in [0.15, 0.2) is 64.6 Å². The van der Waals surface area contributed by atoms with E-state index in [1.807, 2.05) is 25.1 Å². The fourth-order valence-corrected chi connectivity index (χ4v) is 9.24. The minimum absolute atomic E-state index is 0.163. The van der Waals surface area contributed by atoms with Crippen molar-refractivity contribution < 1.29 is 23.9 Å². The van der Waals surface area contributed by atoms with Crippen molar-refractivity contribution in [3.8, 4) is 11.5 Å². The van der Waals surface area contributed by atoms with Crippen LogP contribution >= 0.6 is 39.1 Å². The van der Waals surface area contributed by atoms with Crippen LogP contribution in [0, 0.1) is 17.8 Å². The van der Waals surface area contributed by atoms with Gasteiger partial charge in [-0.1, -0.05) is 41.4 Å². The molecule has 1 saturated heterocycles. The number of hydrogen-bond acceptors (Lipinski definition) is 5. The molecule has 0 aromatic heterocycles. The first-order valence-corrected chi connectivity index (χ1v) is 17.2. The number of urea groups is 1. The number of hydrogen-bond donors (Lipinski definition) is 1. The van der Waals surface area contributed by atoms with Crippen molar-refractivity contribution in [1.82, 2.24) is 5.32 Å². The van der Waals surface area contributed by atoms with E-state index in [2.05, 4.69) is 33.4 Å². The van der Waals surface area contributed by atoms with E-state index in [1.54, 1.807) is 24.3 Å². The van der Waals surface area contributed by atoms with E-state index in [9.17, 15) is 14.4 Å². The second kappa shape index (κ2) is 12.4. The fourth-order valence-electron chi connectivity index (χ4n) is 8.35. The third-order valence-electron chi connectivity index (χ3n) is 9.89. The SMILES string of the molecule is CCOc1cc(/C=C2\C(=O)NC(=O)N(c3ccc(C45CC6CC(CC(C6)C4)C5)cc3)C2=O)cc(Br)c1OCc1ccc(Cl)c(Cl)c1. The number of rotatable bonds is 8. The van der Waals surface area contributed by atoms with Gasteiger partial charge in [-0.25, -0.2) is 9.69 Å². The maximum absolute atomic E-state index is 13.7. The van der Waals surface area contributed by atoms with E-state index >= 15 is 0 Å². The van der Waals surface area contributed by atoms with Gasteiger partial charge in [0, 0.05) is 0 Å². The van der Waals surface area contributed by atoms with Crippen LogP contribution in [-0.2, 0) is 21.6 Å². The molecule has 5 fully saturated rings. The molecule has 8 rings (SSSR count). The zero-order valence-electron chi connectivity index (χ0n) is 25.3. The van der Waals surface area contributed by atoms with Crippen molar-refractivity contribution in [3.63, 3.8) is 0 Å². The Morgan fingerprint density at radius 3 is 2.22 bits per heavy atom. The molecule has 4 amide bonds. The van der Waals surface area contributed by atoms with E-state index in [0.717, 1.165) is 28.2 Å². The summed E-state index contributed by atoms with van der Waals surface area (Å²) in [6.07, 6.45) is 9.21. The van der Waals surface area contributed by atoms with Crippen LogP contribution in [0.1, 0.15) is 62.1 Å². The molecule has 3 aromatic carbocycles. The zero-order valence-corrected chi connectivity index (χ0v) is 28.4. The van der Waals surface area contributed by atoms with Gasteiger partial charge in [-0.05, 0) is 144 Å². The number of nitrogens with zero attached hydrogens (tertiary/aromatic N) is 1. The highest BCUT2D eigenvalue weighted by Crippen LogP contribution is 2.60. The minimum atomic E-state index is -0.767. The molecule has 4 bridgehead atoms. The molecule has 4 aliphatic carbocycles. The lowest BCUT2D eigenvalue weighted by molar-refractivity contribution is -0.122. The van der Waals surface area contributed by atoms with Crippen LogP contribution in [0.4, 0.5) is 10.5 Å². The summed E-state index contributed by atoms with van der Waals surface area (Å²) in [6.45, 7) is 2.41. The van der Waals surface area contributed by atoms with Gasteiger partial charge in [0.05, 0.1) is 26.8 Å². The molecular formula is C36H33BrCl2N2O5. The molecule has 10 heteroatoms. The first-order chi connectivity index (χ1) is 22.1.